The second kappa shape index (κ2) is 4.99. The first-order valence-corrected chi connectivity index (χ1v) is 7.92. The number of fused-ring (bicyclic) bond motifs is 2. The average Bonchev–Trinajstić information content (AvgIpc) is 3.18. The largest absolute Gasteiger partial charge is 0.332 e. The third-order valence-electron chi connectivity index (χ3n) is 3.90. The van der Waals surface area contributed by atoms with E-state index in [1.54, 1.807) is 23.1 Å². The van der Waals surface area contributed by atoms with Crippen LogP contribution in [0.25, 0.3) is 21.4 Å². The Morgan fingerprint density at radius 2 is 2.00 bits per heavy atom. The molecule has 0 bridgehead atoms. The van der Waals surface area contributed by atoms with Gasteiger partial charge in [-0.25, -0.2) is 14.8 Å². The Morgan fingerprint density at radius 3 is 2.79 bits per heavy atom. The third-order valence-corrected chi connectivity index (χ3v) is 4.80. The molecule has 1 N–H and O–H groups in total. The first kappa shape index (κ1) is 14.6. The van der Waals surface area contributed by atoms with Crippen LogP contribution in [0.5, 0.6) is 0 Å². The lowest BCUT2D eigenvalue weighted by molar-refractivity contribution is 0.698. The molecule has 9 nitrogen and oxygen atoms in total. The highest BCUT2D eigenvalue weighted by atomic mass is 32.1. The second-order valence-corrected chi connectivity index (χ2v) is 6.31. The first-order valence-electron chi connectivity index (χ1n) is 7.04. The van der Waals surface area contributed by atoms with Crippen molar-refractivity contribution in [3.63, 3.8) is 0 Å². The summed E-state index contributed by atoms with van der Waals surface area (Å²) in [7, 11) is 2.97. The molecule has 0 aliphatic carbocycles. The number of aryl methyl sites for hydroxylation is 1. The number of imidazole rings is 1. The fourth-order valence-electron chi connectivity index (χ4n) is 2.67. The zero-order valence-electron chi connectivity index (χ0n) is 12.8. The van der Waals surface area contributed by atoms with Gasteiger partial charge >= 0.3 is 5.69 Å². The van der Waals surface area contributed by atoms with E-state index in [1.165, 1.54) is 29.3 Å². The standard InChI is InChI=1S/C14H12N6O3S/c1-18-11-9(13(22)19(2)14(18)23)20(6-15-11)5-8-16-7-3-4-24-10(7)12(21)17-8/h3-4,6H,5H2,1-2H3,(H,16,17,21). The van der Waals surface area contributed by atoms with Crippen LogP contribution in [0.3, 0.4) is 0 Å². The van der Waals surface area contributed by atoms with E-state index < -0.39 is 11.2 Å². The van der Waals surface area contributed by atoms with Crippen LogP contribution in [0.15, 0.2) is 32.2 Å². The Kier molecular flexibility index (Phi) is 3.03. The van der Waals surface area contributed by atoms with Crippen LogP contribution in [0.4, 0.5) is 0 Å². The van der Waals surface area contributed by atoms with Gasteiger partial charge in [0.2, 0.25) is 0 Å². The lowest BCUT2D eigenvalue weighted by Crippen LogP contribution is -2.37. The van der Waals surface area contributed by atoms with Gasteiger partial charge in [-0.2, -0.15) is 0 Å². The number of H-pyrrole nitrogens is 1. The van der Waals surface area contributed by atoms with Crippen molar-refractivity contribution in [1.29, 1.82) is 0 Å². The molecule has 4 rings (SSSR count). The molecule has 0 amide bonds. The minimum atomic E-state index is -0.441. The van der Waals surface area contributed by atoms with Crippen molar-refractivity contribution >= 4 is 32.7 Å². The number of hydrogen-bond donors (Lipinski definition) is 1. The minimum Gasteiger partial charge on any atom is -0.317 e. The van der Waals surface area contributed by atoms with E-state index in [2.05, 4.69) is 15.0 Å². The summed E-state index contributed by atoms with van der Waals surface area (Å²) in [5, 5.41) is 1.80. The Bertz CT molecular complexity index is 1270. The van der Waals surface area contributed by atoms with Crippen molar-refractivity contribution in [3.05, 3.63) is 54.8 Å². The molecule has 10 heteroatoms. The quantitative estimate of drug-likeness (QED) is 0.541. The summed E-state index contributed by atoms with van der Waals surface area (Å²) in [6.07, 6.45) is 1.46. The molecular weight excluding hydrogens is 332 g/mol. The smallest absolute Gasteiger partial charge is 0.317 e. The van der Waals surface area contributed by atoms with Gasteiger partial charge in [-0.3, -0.25) is 18.7 Å². The predicted molar refractivity (Wildman–Crippen MR) is 89.6 cm³/mol. The summed E-state index contributed by atoms with van der Waals surface area (Å²) in [6.45, 7) is 0.172. The Hall–Kier alpha value is -3.01. The average molecular weight is 344 g/mol. The van der Waals surface area contributed by atoms with E-state index in [0.717, 1.165) is 4.57 Å². The summed E-state index contributed by atoms with van der Waals surface area (Å²) in [4.78, 5) is 47.7. The predicted octanol–water partition coefficient (Wildman–Crippen LogP) is -0.220. The van der Waals surface area contributed by atoms with Gasteiger partial charge in [0, 0.05) is 14.1 Å². The van der Waals surface area contributed by atoms with E-state index in [1.807, 2.05) is 0 Å². The molecule has 0 aliphatic heterocycles. The molecule has 0 aromatic carbocycles. The van der Waals surface area contributed by atoms with Crippen LogP contribution in [0.2, 0.25) is 0 Å². The lowest BCUT2D eigenvalue weighted by Gasteiger charge is -2.06. The number of nitrogens with one attached hydrogen (secondary N) is 1. The molecule has 0 radical (unpaired) electrons. The van der Waals surface area contributed by atoms with Gasteiger partial charge < -0.3 is 9.55 Å². The minimum absolute atomic E-state index is 0.172. The summed E-state index contributed by atoms with van der Waals surface area (Å²) >= 11 is 1.32. The highest BCUT2D eigenvalue weighted by Crippen LogP contribution is 2.14. The number of aromatic amines is 1. The number of rotatable bonds is 2. The fraction of sp³-hybridized carbons (Fsp3) is 0.214. The Morgan fingerprint density at radius 1 is 1.21 bits per heavy atom. The first-order chi connectivity index (χ1) is 11.5. The second-order valence-electron chi connectivity index (χ2n) is 5.40. The molecule has 0 saturated heterocycles. The molecular formula is C14H12N6O3S. The molecule has 0 unspecified atom stereocenters. The van der Waals surface area contributed by atoms with Crippen molar-refractivity contribution in [1.82, 2.24) is 28.7 Å². The zero-order valence-corrected chi connectivity index (χ0v) is 13.6. The van der Waals surface area contributed by atoms with Crippen molar-refractivity contribution < 1.29 is 0 Å². The van der Waals surface area contributed by atoms with Gasteiger partial charge in [-0.1, -0.05) is 0 Å². The topological polar surface area (TPSA) is 108 Å². The van der Waals surface area contributed by atoms with Crippen LogP contribution < -0.4 is 16.8 Å². The van der Waals surface area contributed by atoms with Gasteiger partial charge in [0.1, 0.15) is 10.5 Å². The fourth-order valence-corrected chi connectivity index (χ4v) is 3.40. The number of nitrogens with zero attached hydrogens (tertiary/aromatic N) is 5. The Balaban J connectivity index is 1.92. The third kappa shape index (κ3) is 1.96. The molecule has 0 fully saturated rings. The molecule has 0 atom stereocenters. The van der Waals surface area contributed by atoms with Gasteiger partial charge in [0.25, 0.3) is 11.1 Å². The Labute approximate surface area is 137 Å². The SMILES string of the molecule is Cn1c(=O)c2c(ncn2Cc2nc3ccsc3c(=O)[nH]2)n(C)c1=O. The van der Waals surface area contributed by atoms with Crippen LogP contribution in [-0.2, 0) is 20.6 Å². The summed E-state index contributed by atoms with van der Waals surface area (Å²) < 4.78 is 4.48. The highest BCUT2D eigenvalue weighted by molar-refractivity contribution is 7.17. The van der Waals surface area contributed by atoms with E-state index >= 15 is 0 Å². The molecule has 0 spiro atoms. The zero-order chi connectivity index (χ0) is 17.0. The van der Waals surface area contributed by atoms with E-state index in [4.69, 9.17) is 0 Å². The maximum atomic E-state index is 12.4. The van der Waals surface area contributed by atoms with Gasteiger partial charge in [0.15, 0.2) is 11.2 Å². The lowest BCUT2D eigenvalue weighted by atomic mass is 10.4. The number of hydrogen-bond acceptors (Lipinski definition) is 6. The molecule has 0 aliphatic rings. The van der Waals surface area contributed by atoms with E-state index in [0.29, 0.717) is 21.7 Å². The van der Waals surface area contributed by atoms with Crippen molar-refractivity contribution in [2.75, 3.05) is 0 Å². The summed E-state index contributed by atoms with van der Waals surface area (Å²) in [5.74, 6) is 0.418. The van der Waals surface area contributed by atoms with Crippen molar-refractivity contribution in [3.8, 4) is 0 Å². The molecule has 4 aromatic rings. The van der Waals surface area contributed by atoms with Crippen LogP contribution in [0.1, 0.15) is 5.82 Å². The van der Waals surface area contributed by atoms with Crippen molar-refractivity contribution in [2.45, 2.75) is 6.54 Å². The molecule has 4 aromatic heterocycles. The van der Waals surface area contributed by atoms with Crippen LogP contribution in [0, 0.1) is 0 Å². The monoisotopic (exact) mass is 344 g/mol. The van der Waals surface area contributed by atoms with Gasteiger partial charge in [-0.15, -0.1) is 11.3 Å². The van der Waals surface area contributed by atoms with Crippen LogP contribution >= 0.6 is 11.3 Å². The molecule has 122 valence electrons. The maximum absolute atomic E-state index is 12.4. The highest BCUT2D eigenvalue weighted by Gasteiger charge is 2.15. The normalized spacial score (nSPS) is 11.6. The van der Waals surface area contributed by atoms with Gasteiger partial charge in [0.05, 0.1) is 18.4 Å². The number of thiophene rings is 1. The summed E-state index contributed by atoms with van der Waals surface area (Å²) in [5.41, 5.74) is 0.0986. The van der Waals surface area contributed by atoms with Crippen molar-refractivity contribution in [2.24, 2.45) is 14.1 Å². The number of aromatic nitrogens is 6. The van der Waals surface area contributed by atoms with Crippen LogP contribution in [-0.4, -0.2) is 28.7 Å². The van der Waals surface area contributed by atoms with E-state index in [9.17, 15) is 14.4 Å². The molecule has 4 heterocycles. The van der Waals surface area contributed by atoms with Gasteiger partial charge in [-0.05, 0) is 11.4 Å². The maximum Gasteiger partial charge on any atom is 0.332 e. The molecule has 0 saturated carbocycles. The molecule has 24 heavy (non-hydrogen) atoms. The van der Waals surface area contributed by atoms with E-state index in [-0.39, 0.29) is 17.6 Å². The summed E-state index contributed by atoms with van der Waals surface area (Å²) in [6, 6.07) is 1.77.